The highest BCUT2D eigenvalue weighted by Gasteiger charge is 2.32. The largest absolute Gasteiger partial charge is 0.508 e. The Kier molecular flexibility index (Phi) is 12.1. The van der Waals surface area contributed by atoms with Crippen molar-refractivity contribution in [1.29, 1.82) is 0 Å². The van der Waals surface area contributed by atoms with Gasteiger partial charge in [-0.15, -0.1) is 0 Å². The summed E-state index contributed by atoms with van der Waals surface area (Å²) >= 11 is 0. The average Bonchev–Trinajstić information content (AvgIpc) is 2.72. The van der Waals surface area contributed by atoms with E-state index < -0.39 is 6.16 Å². The van der Waals surface area contributed by atoms with Crippen molar-refractivity contribution in [1.82, 2.24) is 0 Å². The van der Waals surface area contributed by atoms with Gasteiger partial charge < -0.3 is 9.47 Å². The maximum Gasteiger partial charge on any atom is 0.508 e. The summed E-state index contributed by atoms with van der Waals surface area (Å²) < 4.78 is 11.1. The molecule has 2 rings (SSSR count). The van der Waals surface area contributed by atoms with E-state index in [1.54, 1.807) is 0 Å². The second-order valence-electron chi connectivity index (χ2n) is 9.96. The van der Waals surface area contributed by atoms with Gasteiger partial charge in [-0.2, -0.15) is 0 Å². The van der Waals surface area contributed by atoms with Crippen LogP contribution in [0.3, 0.4) is 0 Å². The van der Waals surface area contributed by atoms with Crippen molar-refractivity contribution in [2.24, 2.45) is 17.8 Å². The van der Waals surface area contributed by atoms with Gasteiger partial charge in [0.25, 0.3) is 0 Å². The fourth-order valence-corrected chi connectivity index (χ4v) is 5.55. The summed E-state index contributed by atoms with van der Waals surface area (Å²) in [5.74, 6) is 2.78. The van der Waals surface area contributed by atoms with E-state index in [9.17, 15) is 4.79 Å². The molecule has 3 heteroatoms. The molecule has 0 radical (unpaired) electrons. The fourth-order valence-electron chi connectivity index (χ4n) is 5.55. The molecule has 0 aromatic carbocycles. The smallest absolute Gasteiger partial charge is 0.431 e. The van der Waals surface area contributed by atoms with E-state index in [-0.39, 0.29) is 12.2 Å². The van der Waals surface area contributed by atoms with E-state index in [1.807, 2.05) is 6.92 Å². The molecule has 0 N–H and O–H groups in total. The first kappa shape index (κ1) is 24.5. The zero-order chi connectivity index (χ0) is 20.9. The summed E-state index contributed by atoms with van der Waals surface area (Å²) in [6, 6.07) is 0. The second kappa shape index (κ2) is 14.3. The standard InChI is InChI=1S/C26H48O3/c1-4-6-8-10-11-21(3)28-26(27)29-25-19-17-24(18-20-25)23-15-13-22(14-16-23)12-9-7-5-2/h21-25H,4-20H2,1-3H3/t21-,22-,23-,24-,25-/m0/s1. The number of rotatable bonds is 12. The monoisotopic (exact) mass is 408 g/mol. The molecule has 2 fully saturated rings. The van der Waals surface area contributed by atoms with Crippen LogP contribution >= 0.6 is 0 Å². The van der Waals surface area contributed by atoms with Crippen molar-refractivity contribution in [3.63, 3.8) is 0 Å². The van der Waals surface area contributed by atoms with Gasteiger partial charge in [0, 0.05) is 0 Å². The lowest BCUT2D eigenvalue weighted by molar-refractivity contribution is -0.0174. The predicted octanol–water partition coefficient (Wildman–Crippen LogP) is 8.44. The van der Waals surface area contributed by atoms with Gasteiger partial charge in [-0.3, -0.25) is 0 Å². The quantitative estimate of drug-likeness (QED) is 0.240. The molecule has 170 valence electrons. The Morgan fingerprint density at radius 1 is 0.793 bits per heavy atom. The van der Waals surface area contributed by atoms with Gasteiger partial charge in [-0.25, -0.2) is 4.79 Å². The normalized spacial score (nSPS) is 28.7. The Labute approximate surface area is 180 Å². The summed E-state index contributed by atoms with van der Waals surface area (Å²) in [6.45, 7) is 6.50. The third-order valence-electron chi connectivity index (χ3n) is 7.52. The lowest BCUT2D eigenvalue weighted by Gasteiger charge is -2.37. The summed E-state index contributed by atoms with van der Waals surface area (Å²) in [5.41, 5.74) is 0. The minimum atomic E-state index is -0.441. The SMILES string of the molecule is CCCCCC[C@H](C)OC(=O)O[C@H]1CC[C@H]([C@H]2CC[C@H](CCCCC)CC2)CC1. The van der Waals surface area contributed by atoms with Crippen LogP contribution < -0.4 is 0 Å². The Morgan fingerprint density at radius 3 is 2.00 bits per heavy atom. The number of hydrogen-bond donors (Lipinski definition) is 0. The van der Waals surface area contributed by atoms with Crippen molar-refractivity contribution in [3.05, 3.63) is 0 Å². The van der Waals surface area contributed by atoms with Crippen LogP contribution in [0.5, 0.6) is 0 Å². The van der Waals surface area contributed by atoms with Crippen LogP contribution in [0.2, 0.25) is 0 Å². The molecule has 0 amide bonds. The van der Waals surface area contributed by atoms with Crippen molar-refractivity contribution < 1.29 is 14.3 Å². The van der Waals surface area contributed by atoms with Gasteiger partial charge in [0.1, 0.15) is 12.2 Å². The minimum absolute atomic E-state index is 0.0248. The van der Waals surface area contributed by atoms with E-state index in [2.05, 4.69) is 13.8 Å². The van der Waals surface area contributed by atoms with Gasteiger partial charge in [0.05, 0.1) is 0 Å². The number of ether oxygens (including phenoxy) is 2. The molecule has 0 bridgehead atoms. The highest BCUT2D eigenvalue weighted by atomic mass is 16.7. The van der Waals surface area contributed by atoms with E-state index in [0.717, 1.165) is 43.4 Å². The Hall–Kier alpha value is -0.730. The number of carbonyl (C=O) groups is 1. The van der Waals surface area contributed by atoms with Gasteiger partial charge in [-0.1, -0.05) is 71.6 Å². The summed E-state index contributed by atoms with van der Waals surface area (Å²) in [7, 11) is 0. The first-order chi connectivity index (χ1) is 14.1. The molecule has 0 heterocycles. The maximum atomic E-state index is 12.1. The lowest BCUT2D eigenvalue weighted by Crippen LogP contribution is -2.30. The van der Waals surface area contributed by atoms with Crippen molar-refractivity contribution in [3.8, 4) is 0 Å². The Balaban J connectivity index is 1.56. The van der Waals surface area contributed by atoms with Gasteiger partial charge in [-0.05, 0) is 76.0 Å². The van der Waals surface area contributed by atoms with E-state index >= 15 is 0 Å². The zero-order valence-electron chi connectivity index (χ0n) is 19.6. The zero-order valence-corrected chi connectivity index (χ0v) is 19.6. The van der Waals surface area contributed by atoms with Gasteiger partial charge >= 0.3 is 6.16 Å². The van der Waals surface area contributed by atoms with Crippen LogP contribution in [0.1, 0.15) is 130 Å². The molecule has 0 unspecified atom stereocenters. The molecular formula is C26H48O3. The predicted molar refractivity (Wildman–Crippen MR) is 121 cm³/mol. The first-order valence-electron chi connectivity index (χ1n) is 13.0. The molecule has 0 aromatic rings. The van der Waals surface area contributed by atoms with Crippen LogP contribution in [0.15, 0.2) is 0 Å². The third-order valence-corrected chi connectivity index (χ3v) is 7.52. The number of hydrogen-bond acceptors (Lipinski definition) is 3. The molecule has 0 saturated heterocycles. The molecule has 2 aliphatic rings. The van der Waals surface area contributed by atoms with E-state index in [4.69, 9.17) is 9.47 Å². The topological polar surface area (TPSA) is 35.5 Å². The van der Waals surface area contributed by atoms with Gasteiger partial charge in [0.2, 0.25) is 0 Å². The highest BCUT2D eigenvalue weighted by molar-refractivity contribution is 5.60. The average molecular weight is 409 g/mol. The lowest BCUT2D eigenvalue weighted by atomic mass is 9.70. The van der Waals surface area contributed by atoms with Crippen LogP contribution in [-0.2, 0) is 9.47 Å². The molecular weight excluding hydrogens is 360 g/mol. The van der Waals surface area contributed by atoms with Crippen molar-refractivity contribution in [2.75, 3.05) is 0 Å². The van der Waals surface area contributed by atoms with Crippen LogP contribution in [0.25, 0.3) is 0 Å². The van der Waals surface area contributed by atoms with Crippen LogP contribution in [0.4, 0.5) is 4.79 Å². The summed E-state index contributed by atoms with van der Waals surface area (Å²) in [6.07, 6.45) is 21.4. The maximum absolute atomic E-state index is 12.1. The molecule has 3 nitrogen and oxygen atoms in total. The molecule has 0 spiro atoms. The fraction of sp³-hybridized carbons (Fsp3) is 0.962. The summed E-state index contributed by atoms with van der Waals surface area (Å²) in [4.78, 5) is 12.1. The molecule has 0 aliphatic heterocycles. The molecule has 1 atom stereocenters. The second-order valence-corrected chi connectivity index (χ2v) is 9.96. The highest BCUT2D eigenvalue weighted by Crippen LogP contribution is 2.41. The number of carbonyl (C=O) groups excluding carboxylic acids is 1. The minimum Gasteiger partial charge on any atom is -0.431 e. The molecule has 2 aliphatic carbocycles. The third kappa shape index (κ3) is 9.75. The van der Waals surface area contributed by atoms with Crippen LogP contribution in [-0.4, -0.2) is 18.4 Å². The van der Waals surface area contributed by atoms with Gasteiger partial charge in [0.15, 0.2) is 0 Å². The number of unbranched alkanes of at least 4 members (excludes halogenated alkanes) is 5. The molecule has 2 saturated carbocycles. The Morgan fingerprint density at radius 2 is 1.38 bits per heavy atom. The summed E-state index contributed by atoms with van der Waals surface area (Å²) in [5, 5.41) is 0. The Bertz CT molecular complexity index is 420. The van der Waals surface area contributed by atoms with Crippen molar-refractivity contribution in [2.45, 2.75) is 142 Å². The molecule has 29 heavy (non-hydrogen) atoms. The van der Waals surface area contributed by atoms with E-state index in [0.29, 0.717) is 0 Å². The molecule has 0 aromatic heterocycles. The first-order valence-corrected chi connectivity index (χ1v) is 13.0. The van der Waals surface area contributed by atoms with Crippen molar-refractivity contribution >= 4 is 6.16 Å². The van der Waals surface area contributed by atoms with E-state index in [1.165, 1.54) is 83.5 Å². The van der Waals surface area contributed by atoms with Crippen LogP contribution in [0, 0.1) is 17.8 Å².